The molecular weight excluding hydrogens is 591 g/mol. The summed E-state index contributed by atoms with van der Waals surface area (Å²) >= 11 is 0. The van der Waals surface area contributed by atoms with Gasteiger partial charge >= 0.3 is 39.4 Å². The van der Waals surface area contributed by atoms with Crippen LogP contribution in [-0.2, 0) is 12.8 Å². The normalized spacial score (nSPS) is 9.81. The number of aromatic hydroxyl groups is 2. The first-order valence-corrected chi connectivity index (χ1v) is 9.16. The Bertz CT molecular complexity index is 842. The van der Waals surface area contributed by atoms with E-state index in [1.807, 2.05) is 24.3 Å². The Morgan fingerprint density at radius 1 is 0.774 bits per heavy atom. The molecule has 0 fully saturated rings. The monoisotopic (exact) mass is 622 g/mol. The summed E-state index contributed by atoms with van der Waals surface area (Å²) in [7, 11) is 6.12. The zero-order chi connectivity index (χ0) is 22.7. The number of phenolic OH excluding ortho intramolecular Hbond substituents is 2. The molecule has 2 N–H and O–H groups in total. The molecule has 2 aromatic rings. The van der Waals surface area contributed by atoms with E-state index in [2.05, 4.69) is 16.8 Å². The summed E-state index contributed by atoms with van der Waals surface area (Å²) in [5.74, 6) is 0.576. The summed E-state index contributed by atoms with van der Waals surface area (Å²) in [6, 6.07) is 13.4. The van der Waals surface area contributed by atoms with Gasteiger partial charge in [0.2, 0.25) is 0 Å². The predicted octanol–water partition coefficient (Wildman–Crippen LogP) is 3.32. The van der Waals surface area contributed by atoms with E-state index in [9.17, 15) is 19.8 Å². The third-order valence-electron chi connectivity index (χ3n) is 3.85. The molecule has 166 valence electrons. The second-order valence-corrected chi connectivity index (χ2v) is 6.91. The van der Waals surface area contributed by atoms with E-state index >= 15 is 0 Å². The first kappa shape index (κ1) is 28.2. The quantitative estimate of drug-likeness (QED) is 0.311. The summed E-state index contributed by atoms with van der Waals surface area (Å²) in [5.41, 5.74) is 2.67. The number of carbonyl (C=O) groups is 2. The first-order valence-electron chi connectivity index (χ1n) is 9.16. The number of rotatable bonds is 4. The van der Waals surface area contributed by atoms with E-state index < -0.39 is 12.1 Å². The number of allylic oxidation sites excluding steroid dienone is 1. The Labute approximate surface area is 203 Å². The molecule has 0 saturated heterocycles. The van der Waals surface area contributed by atoms with Gasteiger partial charge in [-0.25, -0.2) is 9.59 Å². The average Bonchev–Trinajstić information content (AvgIpc) is 2.69. The van der Waals surface area contributed by atoms with Crippen molar-refractivity contribution in [3.8, 4) is 11.5 Å². The Balaban J connectivity index is 0.000000612. The second-order valence-electron chi connectivity index (χ2n) is 6.91. The van der Waals surface area contributed by atoms with Gasteiger partial charge in [-0.3, -0.25) is 0 Å². The molecule has 2 aromatic carbocycles. The molecule has 4 amide bonds. The number of hydrogen-bond acceptors (Lipinski definition) is 4. The fourth-order valence-electron chi connectivity index (χ4n) is 2.19. The van der Waals surface area contributed by atoms with Crippen LogP contribution in [0.2, 0.25) is 0 Å². The Hall–Kier alpha value is -2.76. The van der Waals surface area contributed by atoms with Crippen LogP contribution in [0, 0.1) is 0 Å². The number of benzene rings is 2. The van der Waals surface area contributed by atoms with Crippen LogP contribution in [0.3, 0.4) is 0 Å². The molecule has 0 aliphatic heterocycles. The molecule has 0 spiro atoms. The molecule has 2 rings (SSSR count). The fraction of sp³-hybridized carbons (Fsp3) is 0.273. The van der Waals surface area contributed by atoms with Crippen molar-refractivity contribution in [1.29, 1.82) is 0 Å². The van der Waals surface area contributed by atoms with Crippen molar-refractivity contribution in [2.24, 2.45) is 10.2 Å². The molecule has 8 nitrogen and oxygen atoms in total. The van der Waals surface area contributed by atoms with Crippen molar-refractivity contribution in [2.45, 2.75) is 12.8 Å². The number of hydrogen-bond donors (Lipinski definition) is 2. The van der Waals surface area contributed by atoms with E-state index in [-0.39, 0.29) is 38.8 Å². The molecular formula is C22H30N4O4Pb. The molecule has 0 aromatic heterocycles. The van der Waals surface area contributed by atoms with Crippen LogP contribution in [0.1, 0.15) is 11.1 Å². The van der Waals surface area contributed by atoms with Gasteiger partial charge in [0.05, 0.1) is 0 Å². The van der Waals surface area contributed by atoms with Crippen molar-refractivity contribution in [2.75, 3.05) is 28.2 Å². The second kappa shape index (κ2) is 14.3. The predicted molar refractivity (Wildman–Crippen MR) is 124 cm³/mol. The van der Waals surface area contributed by atoms with Gasteiger partial charge in [0, 0.05) is 28.2 Å². The number of nitrogens with zero attached hydrogens (tertiary/aromatic N) is 4. The summed E-state index contributed by atoms with van der Waals surface area (Å²) in [4.78, 5) is 24.0. The van der Waals surface area contributed by atoms with E-state index in [1.165, 1.54) is 38.0 Å². The van der Waals surface area contributed by atoms with Gasteiger partial charge in [-0.05, 0) is 36.1 Å². The van der Waals surface area contributed by atoms with Crippen LogP contribution in [0.25, 0.3) is 0 Å². The zero-order valence-corrected chi connectivity index (χ0v) is 23.9. The molecule has 0 unspecified atom stereocenters. The maximum absolute atomic E-state index is 10.8. The van der Waals surface area contributed by atoms with E-state index in [1.54, 1.807) is 24.3 Å². The minimum atomic E-state index is -0.551. The van der Waals surface area contributed by atoms with Gasteiger partial charge in [0.15, 0.2) is 0 Å². The SMILES string of the molecule is C=C(Cc1ccccc1O)Cc1ccccc1O.CN(C)C(=O)N=NC(=O)N(C)C.[PbH2]. The Morgan fingerprint density at radius 2 is 1.10 bits per heavy atom. The van der Waals surface area contributed by atoms with Gasteiger partial charge < -0.3 is 20.0 Å². The van der Waals surface area contributed by atoms with Crippen LogP contribution < -0.4 is 0 Å². The van der Waals surface area contributed by atoms with Crippen LogP contribution >= 0.6 is 0 Å². The molecule has 9 heteroatoms. The number of urea groups is 2. The first-order chi connectivity index (χ1) is 14.1. The molecule has 0 saturated carbocycles. The third-order valence-corrected chi connectivity index (χ3v) is 3.85. The van der Waals surface area contributed by atoms with Crippen molar-refractivity contribution >= 4 is 39.4 Å². The number of amides is 4. The molecule has 0 atom stereocenters. The molecule has 31 heavy (non-hydrogen) atoms. The summed E-state index contributed by atoms with van der Waals surface area (Å²) < 4.78 is 0. The molecule has 2 radical (unpaired) electrons. The number of azo groups is 1. The van der Waals surface area contributed by atoms with Crippen LogP contribution in [0.5, 0.6) is 11.5 Å². The molecule has 0 aliphatic rings. The third kappa shape index (κ3) is 10.7. The molecule has 0 aliphatic carbocycles. The number of carbonyl (C=O) groups excluding carboxylic acids is 2. The average molecular weight is 622 g/mol. The summed E-state index contributed by atoms with van der Waals surface area (Å²) in [5, 5.41) is 25.7. The van der Waals surface area contributed by atoms with Gasteiger partial charge in [-0.1, -0.05) is 58.8 Å². The van der Waals surface area contributed by atoms with Crippen molar-refractivity contribution < 1.29 is 19.8 Å². The minimum absolute atomic E-state index is 0. The Morgan fingerprint density at radius 3 is 1.39 bits per heavy atom. The van der Waals surface area contributed by atoms with Gasteiger partial charge in [-0.2, -0.15) is 0 Å². The van der Waals surface area contributed by atoms with E-state index in [4.69, 9.17) is 0 Å². The van der Waals surface area contributed by atoms with Crippen LogP contribution in [-0.4, -0.2) is 87.6 Å². The van der Waals surface area contributed by atoms with Crippen molar-refractivity contribution in [1.82, 2.24) is 9.80 Å². The number of para-hydroxylation sites is 2. The fourth-order valence-corrected chi connectivity index (χ4v) is 2.19. The van der Waals surface area contributed by atoms with Crippen molar-refractivity contribution in [3.05, 3.63) is 71.8 Å². The van der Waals surface area contributed by atoms with Crippen LogP contribution in [0.15, 0.2) is 70.9 Å². The van der Waals surface area contributed by atoms with Gasteiger partial charge in [0.25, 0.3) is 0 Å². The van der Waals surface area contributed by atoms with Gasteiger partial charge in [0.1, 0.15) is 11.5 Å². The zero-order valence-electron chi connectivity index (χ0n) is 18.4. The molecule has 0 bridgehead atoms. The van der Waals surface area contributed by atoms with E-state index in [0.717, 1.165) is 16.7 Å². The van der Waals surface area contributed by atoms with E-state index in [0.29, 0.717) is 12.8 Å². The summed E-state index contributed by atoms with van der Waals surface area (Å²) in [6.07, 6.45) is 1.22. The maximum atomic E-state index is 10.8. The van der Waals surface area contributed by atoms with Crippen LogP contribution in [0.4, 0.5) is 9.59 Å². The van der Waals surface area contributed by atoms with Gasteiger partial charge in [-0.15, -0.1) is 0 Å². The van der Waals surface area contributed by atoms with Crippen molar-refractivity contribution in [3.63, 3.8) is 0 Å². The molecule has 0 heterocycles. The summed E-state index contributed by atoms with van der Waals surface area (Å²) in [6.45, 7) is 4.01. The Kier molecular flexibility index (Phi) is 13.0. The topological polar surface area (TPSA) is 106 Å². The standard InChI is InChI=1S/C16H16O2.C6H12N4O2.Pb.2H/c1-12(10-13-6-2-4-8-15(13)17)11-14-7-3-5-9-16(14)18;1-9(2)5(11)7-8-6(12)10(3)4;;;/h2-9,17-18H,1,10-11H2;1-4H3;;;. The number of phenols is 2.